The fourth-order valence-electron chi connectivity index (χ4n) is 4.01. The minimum atomic E-state index is -0.478. The zero-order valence-electron chi connectivity index (χ0n) is 18.8. The van der Waals surface area contributed by atoms with Crippen molar-refractivity contribution in [1.82, 2.24) is 24.3 Å². The lowest BCUT2D eigenvalue weighted by molar-refractivity contribution is 0.0948. The van der Waals surface area contributed by atoms with Crippen LogP contribution in [0.4, 0.5) is 0 Å². The number of amides is 1. The molecule has 2 N–H and O–H groups in total. The number of halogens is 1. The Morgan fingerprint density at radius 2 is 1.86 bits per heavy atom. The molecule has 0 fully saturated rings. The first-order valence-corrected chi connectivity index (χ1v) is 11.3. The van der Waals surface area contributed by atoms with E-state index in [1.54, 1.807) is 35.3 Å². The Balaban J connectivity index is 1.69. The molecule has 0 saturated heterocycles. The van der Waals surface area contributed by atoms with E-state index in [2.05, 4.69) is 10.3 Å². The van der Waals surface area contributed by atoms with Crippen LogP contribution >= 0.6 is 11.6 Å². The number of pyridine rings is 3. The van der Waals surface area contributed by atoms with Crippen molar-refractivity contribution in [1.29, 1.82) is 5.41 Å². The molecular weight excluding hydrogens is 464 g/mol. The molecule has 4 aromatic heterocycles. The van der Waals surface area contributed by atoms with Crippen molar-refractivity contribution in [3.05, 3.63) is 116 Å². The highest BCUT2D eigenvalue weighted by atomic mass is 35.5. The molecule has 9 heteroatoms. The number of fused-ring (bicyclic) bond motifs is 2. The number of carbonyl (C=O) groups excluding carboxylic acids is 1. The van der Waals surface area contributed by atoms with Crippen LogP contribution < -0.4 is 16.4 Å². The standard InChI is InChI=1S/C26H21ClN6O2/c1-16-5-4-12-32-23(16)31-24-20(26(32)35)13-19(22(28)33(24)15-17-8-10-29-11-9-17)25(34)30-14-18-6-2-3-7-21(18)27/h2-13,28H,14-15H2,1H3,(H,30,34). The molecule has 0 bridgehead atoms. The van der Waals surface area contributed by atoms with Crippen molar-refractivity contribution in [2.45, 2.75) is 20.0 Å². The summed E-state index contributed by atoms with van der Waals surface area (Å²) in [5.74, 6) is -0.478. The van der Waals surface area contributed by atoms with Crippen molar-refractivity contribution >= 4 is 34.2 Å². The lowest BCUT2D eigenvalue weighted by Crippen LogP contribution is -2.35. The van der Waals surface area contributed by atoms with Crippen LogP contribution in [0.25, 0.3) is 16.7 Å². The monoisotopic (exact) mass is 484 g/mol. The summed E-state index contributed by atoms with van der Waals surface area (Å²) in [6.45, 7) is 2.31. The van der Waals surface area contributed by atoms with E-state index in [9.17, 15) is 9.59 Å². The number of benzene rings is 1. The summed E-state index contributed by atoms with van der Waals surface area (Å²) < 4.78 is 3.05. The highest BCUT2D eigenvalue weighted by molar-refractivity contribution is 6.31. The van der Waals surface area contributed by atoms with Crippen molar-refractivity contribution in [2.24, 2.45) is 0 Å². The van der Waals surface area contributed by atoms with Gasteiger partial charge in [-0.3, -0.25) is 24.4 Å². The fourth-order valence-corrected chi connectivity index (χ4v) is 4.21. The van der Waals surface area contributed by atoms with Crippen LogP contribution in [0.1, 0.15) is 27.0 Å². The zero-order chi connectivity index (χ0) is 24.5. The van der Waals surface area contributed by atoms with Crippen LogP contribution in [0.3, 0.4) is 0 Å². The molecule has 5 rings (SSSR count). The van der Waals surface area contributed by atoms with Gasteiger partial charge in [0.2, 0.25) is 0 Å². The largest absolute Gasteiger partial charge is 0.348 e. The van der Waals surface area contributed by atoms with Crippen LogP contribution in [0.15, 0.2) is 78.0 Å². The Hall–Kier alpha value is -4.30. The first-order valence-electron chi connectivity index (χ1n) is 10.9. The summed E-state index contributed by atoms with van der Waals surface area (Å²) in [6, 6.07) is 16.0. The van der Waals surface area contributed by atoms with E-state index in [4.69, 9.17) is 22.0 Å². The summed E-state index contributed by atoms with van der Waals surface area (Å²) in [6.07, 6.45) is 4.96. The third kappa shape index (κ3) is 4.20. The first kappa shape index (κ1) is 22.5. The van der Waals surface area contributed by atoms with Gasteiger partial charge in [-0.25, -0.2) is 4.98 Å². The molecule has 5 aromatic rings. The second-order valence-corrected chi connectivity index (χ2v) is 8.57. The molecule has 174 valence electrons. The number of hydrogen-bond donors (Lipinski definition) is 2. The van der Waals surface area contributed by atoms with E-state index in [-0.39, 0.29) is 35.1 Å². The maximum absolute atomic E-state index is 13.4. The summed E-state index contributed by atoms with van der Waals surface area (Å²) in [5, 5.41) is 12.5. The van der Waals surface area contributed by atoms with Crippen LogP contribution in [-0.4, -0.2) is 24.8 Å². The highest BCUT2D eigenvalue weighted by Crippen LogP contribution is 2.16. The van der Waals surface area contributed by atoms with Gasteiger partial charge >= 0.3 is 0 Å². The minimum absolute atomic E-state index is 0.0456. The maximum Gasteiger partial charge on any atom is 0.267 e. The van der Waals surface area contributed by atoms with Gasteiger partial charge in [0.1, 0.15) is 16.8 Å². The van der Waals surface area contributed by atoms with Crippen LogP contribution in [0.2, 0.25) is 5.02 Å². The van der Waals surface area contributed by atoms with Crippen molar-refractivity contribution in [3.63, 3.8) is 0 Å². The molecule has 35 heavy (non-hydrogen) atoms. The topological polar surface area (TPSA) is 105 Å². The van der Waals surface area contributed by atoms with Crippen LogP contribution in [0.5, 0.6) is 0 Å². The Labute approximate surface area is 205 Å². The molecule has 1 aromatic carbocycles. The molecule has 0 atom stereocenters. The van der Waals surface area contributed by atoms with E-state index >= 15 is 0 Å². The quantitative estimate of drug-likeness (QED) is 0.373. The van der Waals surface area contributed by atoms with Gasteiger partial charge in [-0.1, -0.05) is 35.9 Å². The van der Waals surface area contributed by atoms with Crippen molar-refractivity contribution < 1.29 is 4.79 Å². The summed E-state index contributed by atoms with van der Waals surface area (Å²) >= 11 is 6.22. The predicted octanol–water partition coefficient (Wildman–Crippen LogP) is 3.46. The second kappa shape index (κ2) is 9.15. The smallest absolute Gasteiger partial charge is 0.267 e. The SMILES string of the molecule is Cc1cccn2c(=O)c3cc(C(=O)NCc4ccccc4Cl)c(=N)n(Cc4ccncc4)c3nc12. The van der Waals surface area contributed by atoms with Crippen molar-refractivity contribution in [2.75, 3.05) is 0 Å². The zero-order valence-corrected chi connectivity index (χ0v) is 19.6. The molecule has 0 spiro atoms. The number of aromatic nitrogens is 4. The van der Waals surface area contributed by atoms with Crippen molar-refractivity contribution in [3.8, 4) is 0 Å². The molecule has 0 unspecified atom stereocenters. The third-order valence-corrected chi connectivity index (χ3v) is 6.23. The van der Waals surface area contributed by atoms with Gasteiger partial charge in [0, 0.05) is 30.2 Å². The van der Waals surface area contributed by atoms with Gasteiger partial charge in [0.15, 0.2) is 0 Å². The molecule has 0 aliphatic rings. The number of rotatable bonds is 5. The second-order valence-electron chi connectivity index (χ2n) is 8.16. The fraction of sp³-hybridized carbons (Fsp3) is 0.115. The van der Waals surface area contributed by atoms with Crippen LogP contribution in [0, 0.1) is 12.3 Å². The van der Waals surface area contributed by atoms with E-state index in [0.29, 0.717) is 16.3 Å². The third-order valence-electron chi connectivity index (χ3n) is 5.87. The van der Waals surface area contributed by atoms with E-state index in [0.717, 1.165) is 16.7 Å². The Morgan fingerprint density at radius 1 is 1.09 bits per heavy atom. The molecule has 0 aliphatic heterocycles. The predicted molar refractivity (Wildman–Crippen MR) is 134 cm³/mol. The lowest BCUT2D eigenvalue weighted by Gasteiger charge is -2.15. The Morgan fingerprint density at radius 3 is 2.63 bits per heavy atom. The highest BCUT2D eigenvalue weighted by Gasteiger charge is 2.18. The Bertz CT molecular complexity index is 1710. The lowest BCUT2D eigenvalue weighted by atomic mass is 10.1. The molecule has 8 nitrogen and oxygen atoms in total. The number of carbonyl (C=O) groups is 1. The normalized spacial score (nSPS) is 11.1. The molecule has 0 radical (unpaired) electrons. The molecule has 1 amide bonds. The average molecular weight is 485 g/mol. The number of nitrogens with one attached hydrogen (secondary N) is 2. The van der Waals surface area contributed by atoms with Gasteiger partial charge < -0.3 is 9.88 Å². The van der Waals surface area contributed by atoms with E-state index in [1.807, 2.05) is 43.3 Å². The Kier molecular flexibility index (Phi) is 5.88. The average Bonchev–Trinajstić information content (AvgIpc) is 2.86. The van der Waals surface area contributed by atoms with E-state index in [1.165, 1.54) is 10.5 Å². The summed E-state index contributed by atoms with van der Waals surface area (Å²) in [5.41, 5.74) is 3.01. The first-order chi connectivity index (χ1) is 16.9. The number of nitrogens with zero attached hydrogens (tertiary/aromatic N) is 4. The summed E-state index contributed by atoms with van der Waals surface area (Å²) in [4.78, 5) is 35.4. The van der Waals surface area contributed by atoms with Gasteiger partial charge in [-0.15, -0.1) is 0 Å². The molecular formula is C26H21ClN6O2. The minimum Gasteiger partial charge on any atom is -0.348 e. The molecule has 4 heterocycles. The molecule has 0 saturated carbocycles. The number of hydrogen-bond acceptors (Lipinski definition) is 5. The van der Waals surface area contributed by atoms with Gasteiger partial charge in [-0.05, 0) is 53.9 Å². The summed E-state index contributed by atoms with van der Waals surface area (Å²) in [7, 11) is 0. The van der Waals surface area contributed by atoms with Gasteiger partial charge in [0.25, 0.3) is 11.5 Å². The van der Waals surface area contributed by atoms with Gasteiger partial charge in [-0.2, -0.15) is 0 Å². The van der Waals surface area contributed by atoms with Gasteiger partial charge in [0.05, 0.1) is 17.5 Å². The number of aryl methyl sites for hydroxylation is 1. The van der Waals surface area contributed by atoms with E-state index < -0.39 is 5.91 Å². The van der Waals surface area contributed by atoms with Crippen LogP contribution in [-0.2, 0) is 13.1 Å². The molecule has 0 aliphatic carbocycles. The maximum atomic E-state index is 13.4.